The summed E-state index contributed by atoms with van der Waals surface area (Å²) in [5, 5.41) is 22.9. The smallest absolute Gasteiger partial charge is 0.282 e. The van der Waals surface area contributed by atoms with Crippen molar-refractivity contribution < 1.29 is 19.3 Å². The van der Waals surface area contributed by atoms with Crippen molar-refractivity contribution in [2.75, 3.05) is 6.54 Å². The van der Waals surface area contributed by atoms with Crippen LogP contribution < -0.4 is 5.32 Å². The van der Waals surface area contributed by atoms with Crippen LogP contribution in [0.15, 0.2) is 18.2 Å². The van der Waals surface area contributed by atoms with Gasteiger partial charge in [0.1, 0.15) is 17.6 Å². The van der Waals surface area contributed by atoms with E-state index < -0.39 is 40.4 Å². The predicted octanol–water partition coefficient (Wildman–Crippen LogP) is 0.999. The van der Waals surface area contributed by atoms with Crippen LogP contribution in [0.4, 0.5) is 5.69 Å². The number of carbonyl (C=O) groups excluding carboxylic acids is 3. The summed E-state index contributed by atoms with van der Waals surface area (Å²) in [6, 6.07) is 5.80. The van der Waals surface area contributed by atoms with Crippen molar-refractivity contribution in [3.05, 3.63) is 39.4 Å². The molecule has 9 nitrogen and oxygen atoms in total. The number of fused-ring (bicyclic) bond motifs is 1. The number of nitrogens with one attached hydrogen (secondary N) is 1. The van der Waals surface area contributed by atoms with Gasteiger partial charge in [0.25, 0.3) is 17.5 Å². The first-order valence-electron chi connectivity index (χ1n) is 7.64. The Labute approximate surface area is 142 Å². The van der Waals surface area contributed by atoms with Crippen molar-refractivity contribution in [2.24, 2.45) is 5.92 Å². The molecule has 1 heterocycles. The van der Waals surface area contributed by atoms with Crippen molar-refractivity contribution in [1.29, 1.82) is 5.26 Å². The molecule has 0 bridgehead atoms. The third-order valence-electron chi connectivity index (χ3n) is 4.50. The molecular weight excluding hydrogens is 328 g/mol. The Bertz CT molecular complexity index is 855. The maximum atomic E-state index is 12.4. The van der Waals surface area contributed by atoms with Gasteiger partial charge in [0.05, 0.1) is 16.6 Å². The third-order valence-corrected chi connectivity index (χ3v) is 4.50. The molecule has 1 aliphatic carbocycles. The normalized spacial score (nSPS) is 18.3. The van der Waals surface area contributed by atoms with Crippen LogP contribution in [-0.4, -0.2) is 39.6 Å². The largest absolute Gasteiger partial charge is 0.336 e. The number of hydrogen-bond donors (Lipinski definition) is 1. The van der Waals surface area contributed by atoms with Gasteiger partial charge in [0.15, 0.2) is 0 Å². The Balaban J connectivity index is 1.81. The molecule has 9 heteroatoms. The quantitative estimate of drug-likeness (QED) is 0.482. The van der Waals surface area contributed by atoms with Crippen molar-refractivity contribution in [1.82, 2.24) is 10.2 Å². The Hall–Kier alpha value is -3.28. The van der Waals surface area contributed by atoms with Crippen LogP contribution in [-0.2, 0) is 4.79 Å². The molecule has 3 amide bonds. The summed E-state index contributed by atoms with van der Waals surface area (Å²) in [5.74, 6) is -2.26. The van der Waals surface area contributed by atoms with E-state index in [4.69, 9.17) is 0 Å². The Morgan fingerprint density at radius 3 is 2.68 bits per heavy atom. The molecule has 1 saturated carbocycles. The van der Waals surface area contributed by atoms with Crippen LogP contribution in [0.25, 0.3) is 0 Å². The number of nitriles is 1. The van der Waals surface area contributed by atoms with Crippen LogP contribution in [0.1, 0.15) is 40.5 Å². The number of nitro benzene ring substituents is 1. The molecule has 0 radical (unpaired) electrons. The van der Waals surface area contributed by atoms with E-state index in [2.05, 4.69) is 11.4 Å². The fourth-order valence-corrected chi connectivity index (χ4v) is 2.97. The molecule has 1 aromatic rings. The van der Waals surface area contributed by atoms with Crippen molar-refractivity contribution in [3.63, 3.8) is 0 Å². The average Bonchev–Trinajstić information content (AvgIpc) is 3.40. The zero-order chi connectivity index (χ0) is 18.4. The van der Waals surface area contributed by atoms with Crippen LogP contribution in [0, 0.1) is 27.4 Å². The van der Waals surface area contributed by atoms with E-state index in [9.17, 15) is 29.8 Å². The Morgan fingerprint density at radius 2 is 2.12 bits per heavy atom. The maximum Gasteiger partial charge on any atom is 0.282 e. The molecule has 25 heavy (non-hydrogen) atoms. The van der Waals surface area contributed by atoms with E-state index in [0.717, 1.165) is 18.9 Å². The predicted molar refractivity (Wildman–Crippen MR) is 83.3 cm³/mol. The van der Waals surface area contributed by atoms with Crippen molar-refractivity contribution in [3.8, 4) is 6.07 Å². The SMILES string of the molecule is CC(C#N)(NC(=O)CN1C(=O)c2cccc([N+](=O)[O-])c2C1=O)C1CC1. The van der Waals surface area contributed by atoms with Gasteiger partial charge in [-0.1, -0.05) is 6.07 Å². The second-order valence-electron chi connectivity index (χ2n) is 6.29. The number of amides is 3. The highest BCUT2D eigenvalue weighted by atomic mass is 16.6. The Kier molecular flexibility index (Phi) is 3.75. The van der Waals surface area contributed by atoms with Crippen molar-refractivity contribution >= 4 is 23.4 Å². The lowest BCUT2D eigenvalue weighted by molar-refractivity contribution is -0.385. The minimum Gasteiger partial charge on any atom is -0.336 e. The van der Waals surface area contributed by atoms with E-state index in [0.29, 0.717) is 4.90 Å². The van der Waals surface area contributed by atoms with Crippen LogP contribution in [0.2, 0.25) is 0 Å². The van der Waals surface area contributed by atoms with E-state index >= 15 is 0 Å². The highest BCUT2D eigenvalue weighted by Gasteiger charge is 2.45. The second kappa shape index (κ2) is 5.66. The first kappa shape index (κ1) is 16.6. The number of nitrogens with zero attached hydrogens (tertiary/aromatic N) is 3. The molecule has 1 aliphatic heterocycles. The summed E-state index contributed by atoms with van der Waals surface area (Å²) in [4.78, 5) is 47.9. The summed E-state index contributed by atoms with van der Waals surface area (Å²) in [7, 11) is 0. The van der Waals surface area contributed by atoms with Crippen LogP contribution in [0.5, 0.6) is 0 Å². The number of nitro groups is 1. The third kappa shape index (κ3) is 2.71. The van der Waals surface area contributed by atoms with E-state index in [1.165, 1.54) is 12.1 Å². The van der Waals surface area contributed by atoms with Gasteiger partial charge in [-0.2, -0.15) is 5.26 Å². The molecular formula is C16H14N4O5. The summed E-state index contributed by atoms with van der Waals surface area (Å²) >= 11 is 0. The molecule has 1 fully saturated rings. The van der Waals surface area contributed by atoms with Crippen LogP contribution in [0.3, 0.4) is 0 Å². The number of benzene rings is 1. The van der Waals surface area contributed by atoms with Gasteiger partial charge in [0, 0.05) is 6.07 Å². The topological polar surface area (TPSA) is 133 Å². The molecule has 2 aliphatic rings. The average molecular weight is 342 g/mol. The minimum absolute atomic E-state index is 0.0460. The molecule has 0 spiro atoms. The summed E-state index contributed by atoms with van der Waals surface area (Å²) < 4.78 is 0. The molecule has 3 rings (SSSR count). The summed E-state index contributed by atoms with van der Waals surface area (Å²) in [5.41, 5.74) is -1.94. The van der Waals surface area contributed by atoms with Crippen molar-refractivity contribution in [2.45, 2.75) is 25.3 Å². The fraction of sp³-hybridized carbons (Fsp3) is 0.375. The number of imide groups is 1. The molecule has 1 aromatic carbocycles. The lowest BCUT2D eigenvalue weighted by Crippen LogP contribution is -2.51. The van der Waals surface area contributed by atoms with E-state index in [1.807, 2.05) is 0 Å². The summed E-state index contributed by atoms with van der Waals surface area (Å²) in [6.45, 7) is 1.00. The van der Waals surface area contributed by atoms with Gasteiger partial charge < -0.3 is 5.32 Å². The molecule has 0 saturated heterocycles. The maximum absolute atomic E-state index is 12.4. The highest BCUT2D eigenvalue weighted by Crippen LogP contribution is 2.39. The van der Waals surface area contributed by atoms with Gasteiger partial charge in [0.2, 0.25) is 5.91 Å². The molecule has 1 unspecified atom stereocenters. The number of carbonyl (C=O) groups is 3. The second-order valence-corrected chi connectivity index (χ2v) is 6.29. The standard InChI is InChI=1S/C16H14N4O5/c1-16(8-17,9-5-6-9)18-12(21)7-19-14(22)10-3-2-4-11(20(24)25)13(10)15(19)23/h2-4,9H,5-7H2,1H3,(H,18,21). The van der Waals surface area contributed by atoms with E-state index in [-0.39, 0.29) is 17.0 Å². The number of hydrogen-bond acceptors (Lipinski definition) is 6. The zero-order valence-electron chi connectivity index (χ0n) is 13.3. The van der Waals surface area contributed by atoms with Gasteiger partial charge in [-0.15, -0.1) is 0 Å². The first-order valence-corrected chi connectivity index (χ1v) is 7.64. The Morgan fingerprint density at radius 1 is 1.44 bits per heavy atom. The molecule has 0 aromatic heterocycles. The lowest BCUT2D eigenvalue weighted by atomic mass is 9.98. The highest BCUT2D eigenvalue weighted by molar-refractivity contribution is 6.24. The van der Waals surface area contributed by atoms with Gasteiger partial charge in [-0.05, 0) is 31.7 Å². The minimum atomic E-state index is -1.05. The van der Waals surface area contributed by atoms with E-state index in [1.54, 1.807) is 6.92 Å². The molecule has 1 N–H and O–H groups in total. The molecule has 128 valence electrons. The summed E-state index contributed by atoms with van der Waals surface area (Å²) in [6.07, 6.45) is 1.65. The van der Waals surface area contributed by atoms with Crippen LogP contribution >= 0.6 is 0 Å². The molecule has 1 atom stereocenters. The fourth-order valence-electron chi connectivity index (χ4n) is 2.97. The van der Waals surface area contributed by atoms with Gasteiger partial charge in [-0.25, -0.2) is 0 Å². The first-order chi connectivity index (χ1) is 11.8. The lowest BCUT2D eigenvalue weighted by Gasteiger charge is -2.24. The van der Waals surface area contributed by atoms with Gasteiger partial charge in [-0.3, -0.25) is 29.4 Å². The number of rotatable bonds is 5. The van der Waals surface area contributed by atoms with Gasteiger partial charge >= 0.3 is 0 Å². The zero-order valence-corrected chi connectivity index (χ0v) is 13.3. The monoisotopic (exact) mass is 342 g/mol.